The number of carbonyl (C=O) groups is 1. The maximum absolute atomic E-state index is 11.9. The molecule has 1 fully saturated rings. The Morgan fingerprint density at radius 2 is 2.08 bits per heavy atom. The highest BCUT2D eigenvalue weighted by molar-refractivity contribution is 7.99. The average molecular weight is 538 g/mol. The number of aryl methyl sites for hydroxylation is 2. The van der Waals surface area contributed by atoms with Crippen LogP contribution in [0.3, 0.4) is 0 Å². The van der Waals surface area contributed by atoms with E-state index in [2.05, 4.69) is 19.5 Å². The second-order valence-electron chi connectivity index (χ2n) is 9.32. The van der Waals surface area contributed by atoms with Crippen molar-refractivity contribution in [2.24, 2.45) is 5.92 Å². The van der Waals surface area contributed by atoms with Gasteiger partial charge in [0.15, 0.2) is 33.6 Å². The Kier molecular flexibility index (Phi) is 6.37. The van der Waals surface area contributed by atoms with Crippen LogP contribution >= 0.6 is 23.1 Å². The molecule has 0 radical (unpaired) electrons. The molecular weight excluding hydrogens is 510 g/mol. The Hall–Kier alpha value is -3.38. The summed E-state index contributed by atoms with van der Waals surface area (Å²) >= 11 is 3.16. The average Bonchev–Trinajstić information content (AvgIpc) is 3.61. The summed E-state index contributed by atoms with van der Waals surface area (Å²) in [5, 5.41) is 1.68. The van der Waals surface area contributed by atoms with E-state index in [0.717, 1.165) is 57.9 Å². The minimum Gasteiger partial charge on any atom is -0.454 e. The number of hydrogen-bond donors (Lipinski definition) is 1. The second kappa shape index (κ2) is 9.82. The number of thiazole rings is 1. The predicted molar refractivity (Wildman–Crippen MR) is 142 cm³/mol. The third-order valence-corrected chi connectivity index (χ3v) is 8.78. The molecule has 5 heterocycles. The molecule has 3 aromatic heterocycles. The van der Waals surface area contributed by atoms with E-state index in [0.29, 0.717) is 40.9 Å². The van der Waals surface area contributed by atoms with Crippen molar-refractivity contribution in [1.29, 1.82) is 0 Å². The van der Waals surface area contributed by atoms with Crippen LogP contribution in [0, 0.1) is 12.8 Å². The number of imidazole rings is 1. The summed E-state index contributed by atoms with van der Waals surface area (Å²) in [6.45, 7) is 6.23. The molecule has 0 bridgehead atoms. The van der Waals surface area contributed by atoms with Crippen LogP contribution in [0.1, 0.15) is 31.1 Å². The molecule has 1 saturated heterocycles. The highest BCUT2D eigenvalue weighted by Crippen LogP contribution is 2.45. The van der Waals surface area contributed by atoms with Crippen molar-refractivity contribution in [2.45, 2.75) is 49.7 Å². The second-order valence-corrected chi connectivity index (χ2v) is 11.6. The van der Waals surface area contributed by atoms with E-state index < -0.39 is 0 Å². The van der Waals surface area contributed by atoms with Gasteiger partial charge in [-0.15, -0.1) is 11.3 Å². The van der Waals surface area contributed by atoms with Crippen LogP contribution in [0.2, 0.25) is 0 Å². The quantitative estimate of drug-likeness (QED) is 0.382. The fourth-order valence-electron chi connectivity index (χ4n) is 4.86. The smallest absolute Gasteiger partial charge is 0.231 e. The molecule has 12 heteroatoms. The van der Waals surface area contributed by atoms with Gasteiger partial charge in [-0.2, -0.15) is 0 Å². The summed E-state index contributed by atoms with van der Waals surface area (Å²) < 4.78 is 13.5. The van der Waals surface area contributed by atoms with Crippen LogP contribution in [-0.2, 0) is 11.3 Å². The number of nitrogens with two attached hydrogens (primary N) is 1. The molecule has 1 amide bonds. The lowest BCUT2D eigenvalue weighted by atomic mass is 9.95. The first-order chi connectivity index (χ1) is 18.0. The van der Waals surface area contributed by atoms with Crippen molar-refractivity contribution in [3.05, 3.63) is 29.5 Å². The SMILES string of the molecule is CC(=O)N1CCCC(CCn2c(Sc3cc4c(cc3-c3ncc(C)s3)OCO4)nc3c(N)ncnc32)C1. The molecule has 2 aliphatic rings. The van der Waals surface area contributed by atoms with E-state index in [-0.39, 0.29) is 12.7 Å². The lowest BCUT2D eigenvalue weighted by Crippen LogP contribution is -2.38. The lowest BCUT2D eigenvalue weighted by Gasteiger charge is -2.32. The van der Waals surface area contributed by atoms with Gasteiger partial charge < -0.3 is 24.7 Å². The van der Waals surface area contributed by atoms with Gasteiger partial charge in [0.25, 0.3) is 0 Å². The van der Waals surface area contributed by atoms with Crippen molar-refractivity contribution in [3.63, 3.8) is 0 Å². The molecule has 2 N–H and O–H groups in total. The fourth-order valence-corrected chi connectivity index (χ4v) is 6.78. The van der Waals surface area contributed by atoms with E-state index in [9.17, 15) is 4.79 Å². The van der Waals surface area contributed by atoms with E-state index in [1.165, 1.54) is 18.1 Å². The van der Waals surface area contributed by atoms with Gasteiger partial charge in [-0.25, -0.2) is 19.9 Å². The number of carbonyl (C=O) groups excluding carboxylic acids is 1. The Morgan fingerprint density at radius 1 is 1.24 bits per heavy atom. The number of rotatable bonds is 6. The van der Waals surface area contributed by atoms with Crippen LogP contribution in [0.4, 0.5) is 5.82 Å². The molecule has 1 unspecified atom stereocenters. The Bertz CT molecular complexity index is 1480. The minimum absolute atomic E-state index is 0.141. The largest absolute Gasteiger partial charge is 0.454 e. The summed E-state index contributed by atoms with van der Waals surface area (Å²) in [6, 6.07) is 3.98. The van der Waals surface area contributed by atoms with Gasteiger partial charge in [-0.3, -0.25) is 4.79 Å². The number of ether oxygens (including phenoxy) is 2. The summed E-state index contributed by atoms with van der Waals surface area (Å²) in [5.74, 6) is 2.33. The van der Waals surface area contributed by atoms with Gasteiger partial charge in [0, 0.05) is 48.1 Å². The third-order valence-electron chi connectivity index (χ3n) is 6.78. The summed E-state index contributed by atoms with van der Waals surface area (Å²) in [4.78, 5) is 34.1. The van der Waals surface area contributed by atoms with Crippen LogP contribution in [0.15, 0.2) is 34.7 Å². The zero-order chi connectivity index (χ0) is 25.5. The Morgan fingerprint density at radius 3 is 2.86 bits per heavy atom. The summed E-state index contributed by atoms with van der Waals surface area (Å²) in [6.07, 6.45) is 6.39. The van der Waals surface area contributed by atoms with Crippen molar-refractivity contribution in [2.75, 3.05) is 25.6 Å². The third kappa shape index (κ3) is 4.71. The highest BCUT2D eigenvalue weighted by atomic mass is 32.2. The minimum atomic E-state index is 0.141. The van der Waals surface area contributed by atoms with Crippen LogP contribution in [-0.4, -0.2) is 55.2 Å². The number of piperidine rings is 1. The van der Waals surface area contributed by atoms with Gasteiger partial charge in [-0.1, -0.05) is 11.8 Å². The van der Waals surface area contributed by atoms with Gasteiger partial charge in [0.1, 0.15) is 11.3 Å². The normalized spacial score (nSPS) is 17.0. The van der Waals surface area contributed by atoms with Crippen molar-refractivity contribution >= 4 is 46.0 Å². The summed E-state index contributed by atoms with van der Waals surface area (Å²) in [7, 11) is 0. The lowest BCUT2D eigenvalue weighted by molar-refractivity contribution is -0.130. The zero-order valence-corrected chi connectivity index (χ0v) is 22.3. The molecule has 6 rings (SSSR count). The number of anilines is 1. The van der Waals surface area contributed by atoms with Crippen molar-refractivity contribution in [1.82, 2.24) is 29.4 Å². The van der Waals surface area contributed by atoms with Crippen molar-refractivity contribution in [3.8, 4) is 22.1 Å². The first kappa shape index (κ1) is 24.0. The monoisotopic (exact) mass is 537 g/mol. The zero-order valence-electron chi connectivity index (χ0n) is 20.6. The number of nitrogen functional groups attached to an aromatic ring is 1. The van der Waals surface area contributed by atoms with Crippen LogP contribution < -0.4 is 15.2 Å². The maximum atomic E-state index is 11.9. The first-order valence-corrected chi connectivity index (χ1v) is 13.9. The molecule has 0 spiro atoms. The maximum Gasteiger partial charge on any atom is 0.231 e. The van der Waals surface area contributed by atoms with Gasteiger partial charge in [-0.05, 0) is 44.2 Å². The van der Waals surface area contributed by atoms with Gasteiger partial charge in [0.2, 0.25) is 12.7 Å². The molecule has 2 aliphatic heterocycles. The number of fused-ring (bicyclic) bond motifs is 2. The number of likely N-dealkylation sites (tertiary alicyclic amines) is 1. The number of benzene rings is 1. The molecule has 37 heavy (non-hydrogen) atoms. The van der Waals surface area contributed by atoms with E-state index >= 15 is 0 Å². The number of aromatic nitrogens is 5. The Labute approximate surface area is 222 Å². The summed E-state index contributed by atoms with van der Waals surface area (Å²) in [5.41, 5.74) is 8.46. The van der Waals surface area contributed by atoms with E-state index in [1.54, 1.807) is 18.3 Å². The molecular formula is C25H27N7O3S2. The predicted octanol–water partition coefficient (Wildman–Crippen LogP) is 4.37. The fraction of sp³-hybridized carbons (Fsp3) is 0.400. The molecule has 1 atom stereocenters. The number of nitrogens with zero attached hydrogens (tertiary/aromatic N) is 6. The van der Waals surface area contributed by atoms with Gasteiger partial charge in [0.05, 0.1) is 0 Å². The molecule has 4 aromatic rings. The highest BCUT2D eigenvalue weighted by Gasteiger charge is 2.25. The van der Waals surface area contributed by atoms with E-state index in [1.807, 2.05) is 30.2 Å². The standard InChI is InChI=1S/C25H27N7O3S2/c1-14-10-27-24(36-14)17-8-18-19(35-13-34-18)9-20(17)37-25-30-21-22(26)28-12-29-23(21)32(25)7-5-16-4-3-6-31(11-16)15(2)33/h8-10,12,16H,3-7,11,13H2,1-2H3,(H2,26,28,29). The molecule has 10 nitrogen and oxygen atoms in total. The number of hydrogen-bond acceptors (Lipinski definition) is 10. The van der Waals surface area contributed by atoms with Gasteiger partial charge >= 0.3 is 0 Å². The molecule has 1 aromatic carbocycles. The molecule has 0 aliphatic carbocycles. The topological polar surface area (TPSA) is 121 Å². The first-order valence-electron chi connectivity index (χ1n) is 12.2. The van der Waals surface area contributed by atoms with Crippen LogP contribution in [0.5, 0.6) is 11.5 Å². The van der Waals surface area contributed by atoms with Crippen LogP contribution in [0.25, 0.3) is 21.7 Å². The number of amides is 1. The Balaban J connectivity index is 1.36. The van der Waals surface area contributed by atoms with E-state index in [4.69, 9.17) is 20.2 Å². The molecule has 0 saturated carbocycles. The molecule has 192 valence electrons. The van der Waals surface area contributed by atoms with Crippen molar-refractivity contribution < 1.29 is 14.3 Å².